The molecule has 3 rings (SSSR count). The highest BCUT2D eigenvalue weighted by Crippen LogP contribution is 2.71. The molecule has 2 fully saturated rings. The van der Waals surface area contributed by atoms with Crippen LogP contribution in [0.2, 0.25) is 0 Å². The number of rotatable bonds is 4. The molecule has 8 nitrogen and oxygen atoms in total. The first-order chi connectivity index (χ1) is 13.0. The maximum atomic E-state index is 13.0. The fourth-order valence-electron chi connectivity index (χ4n) is 4.82. The molecule has 2 bridgehead atoms. The van der Waals surface area contributed by atoms with Gasteiger partial charge in [-0.25, -0.2) is 4.79 Å². The van der Waals surface area contributed by atoms with Gasteiger partial charge in [-0.2, -0.15) is 0 Å². The third kappa shape index (κ3) is 2.62. The zero-order valence-corrected chi connectivity index (χ0v) is 16.8. The molecule has 2 aliphatic carbocycles. The van der Waals surface area contributed by atoms with Crippen LogP contribution in [0.3, 0.4) is 0 Å². The van der Waals surface area contributed by atoms with E-state index in [-0.39, 0.29) is 28.0 Å². The van der Waals surface area contributed by atoms with Gasteiger partial charge in [-0.3, -0.25) is 14.9 Å². The Kier molecular flexibility index (Phi) is 4.56. The third-order valence-electron chi connectivity index (χ3n) is 7.08. The van der Waals surface area contributed by atoms with E-state index in [0.29, 0.717) is 12.1 Å². The van der Waals surface area contributed by atoms with Gasteiger partial charge in [0.05, 0.1) is 21.6 Å². The van der Waals surface area contributed by atoms with Crippen molar-refractivity contribution in [2.75, 3.05) is 14.1 Å². The molecule has 2 atom stereocenters. The highest BCUT2D eigenvalue weighted by molar-refractivity contribution is 6.02. The SMILES string of the molecule is CN(C)C(=O)C12CCC(C)(/C(=N\OC(=O)c3cccc([N+](=O)[O-])c3)C1)C2(C)C. The zero-order chi connectivity index (χ0) is 20.9. The molecule has 2 unspecified atom stereocenters. The summed E-state index contributed by atoms with van der Waals surface area (Å²) in [5.74, 6) is -0.690. The van der Waals surface area contributed by atoms with E-state index in [2.05, 4.69) is 25.9 Å². The second-order valence-electron chi connectivity index (χ2n) is 8.64. The average molecular weight is 387 g/mol. The second kappa shape index (κ2) is 6.39. The van der Waals surface area contributed by atoms with E-state index in [0.717, 1.165) is 18.9 Å². The molecule has 150 valence electrons. The van der Waals surface area contributed by atoms with Crippen LogP contribution < -0.4 is 0 Å². The van der Waals surface area contributed by atoms with Crippen molar-refractivity contribution >= 4 is 23.3 Å². The van der Waals surface area contributed by atoms with E-state index in [1.807, 2.05) is 0 Å². The molecular weight excluding hydrogens is 362 g/mol. The normalized spacial score (nSPS) is 29.0. The summed E-state index contributed by atoms with van der Waals surface area (Å²) in [6.45, 7) is 6.21. The Morgan fingerprint density at radius 3 is 2.50 bits per heavy atom. The van der Waals surface area contributed by atoms with Crippen LogP contribution >= 0.6 is 0 Å². The van der Waals surface area contributed by atoms with E-state index in [1.54, 1.807) is 19.0 Å². The van der Waals surface area contributed by atoms with Crippen molar-refractivity contribution < 1.29 is 19.3 Å². The van der Waals surface area contributed by atoms with E-state index in [4.69, 9.17) is 4.84 Å². The Labute approximate surface area is 163 Å². The summed E-state index contributed by atoms with van der Waals surface area (Å²) in [5.41, 5.74) is -0.699. The van der Waals surface area contributed by atoms with Crippen molar-refractivity contribution in [3.63, 3.8) is 0 Å². The van der Waals surface area contributed by atoms with Gasteiger partial charge in [0, 0.05) is 38.1 Å². The third-order valence-corrected chi connectivity index (χ3v) is 7.08. The molecule has 8 heteroatoms. The first kappa shape index (κ1) is 20.0. The second-order valence-corrected chi connectivity index (χ2v) is 8.64. The lowest BCUT2D eigenvalue weighted by molar-refractivity contribution is -0.384. The highest BCUT2D eigenvalue weighted by Gasteiger charge is 2.72. The number of oxime groups is 1. The van der Waals surface area contributed by atoms with Crippen LogP contribution in [0, 0.1) is 26.4 Å². The molecule has 0 saturated heterocycles. The number of benzene rings is 1. The molecule has 2 aliphatic rings. The topological polar surface area (TPSA) is 102 Å². The molecule has 1 amide bonds. The van der Waals surface area contributed by atoms with Crippen molar-refractivity contribution in [1.29, 1.82) is 0 Å². The lowest BCUT2D eigenvalue weighted by Crippen LogP contribution is -2.46. The number of hydrogen-bond acceptors (Lipinski definition) is 6. The quantitative estimate of drug-likeness (QED) is 0.447. The van der Waals surface area contributed by atoms with Gasteiger partial charge in [-0.1, -0.05) is 32.0 Å². The molecule has 0 aromatic heterocycles. The number of hydrogen-bond donors (Lipinski definition) is 0. The molecule has 0 aliphatic heterocycles. The molecule has 2 saturated carbocycles. The van der Waals surface area contributed by atoms with E-state index in [1.165, 1.54) is 18.2 Å². The van der Waals surface area contributed by atoms with Crippen LogP contribution in [0.15, 0.2) is 29.4 Å². The highest BCUT2D eigenvalue weighted by atomic mass is 16.7. The van der Waals surface area contributed by atoms with Gasteiger partial charge in [-0.15, -0.1) is 0 Å². The number of fused-ring (bicyclic) bond motifs is 2. The zero-order valence-electron chi connectivity index (χ0n) is 16.8. The fourth-order valence-corrected chi connectivity index (χ4v) is 4.82. The number of non-ortho nitro benzene ring substituents is 1. The summed E-state index contributed by atoms with van der Waals surface area (Å²) < 4.78 is 0. The molecule has 1 aromatic carbocycles. The van der Waals surface area contributed by atoms with Crippen LogP contribution in [0.5, 0.6) is 0 Å². The maximum absolute atomic E-state index is 13.0. The molecule has 28 heavy (non-hydrogen) atoms. The summed E-state index contributed by atoms with van der Waals surface area (Å²) in [6.07, 6.45) is 1.99. The van der Waals surface area contributed by atoms with Gasteiger partial charge in [-0.05, 0) is 24.3 Å². The van der Waals surface area contributed by atoms with Crippen LogP contribution in [-0.2, 0) is 9.63 Å². The minimum Gasteiger partial charge on any atom is -0.348 e. The standard InChI is InChI=1S/C20H25N3O5/c1-18(2)19(3)9-10-20(18,17(25)22(4)5)12-15(19)21-28-16(24)13-7-6-8-14(11-13)23(26)27/h6-8,11H,9-10,12H2,1-5H3/b21-15-. The minimum absolute atomic E-state index is 0.0604. The number of nitrogens with zero attached hydrogens (tertiary/aromatic N) is 3. The van der Waals surface area contributed by atoms with Crippen LogP contribution in [0.25, 0.3) is 0 Å². The van der Waals surface area contributed by atoms with Gasteiger partial charge in [0.15, 0.2) is 0 Å². The molecule has 0 heterocycles. The van der Waals surface area contributed by atoms with Crippen molar-refractivity contribution in [2.24, 2.45) is 21.4 Å². The predicted molar refractivity (Wildman–Crippen MR) is 103 cm³/mol. The Morgan fingerprint density at radius 2 is 1.89 bits per heavy atom. The molecule has 0 radical (unpaired) electrons. The van der Waals surface area contributed by atoms with E-state index < -0.39 is 16.3 Å². The van der Waals surface area contributed by atoms with Crippen molar-refractivity contribution in [1.82, 2.24) is 4.90 Å². The smallest absolute Gasteiger partial charge is 0.348 e. The predicted octanol–water partition coefficient (Wildman–Crippen LogP) is 3.41. The number of carbonyl (C=O) groups is 2. The number of nitro benzene ring substituents is 1. The maximum Gasteiger partial charge on any atom is 0.365 e. The Bertz CT molecular complexity index is 892. The van der Waals surface area contributed by atoms with Gasteiger partial charge in [0.25, 0.3) is 5.69 Å². The number of carbonyl (C=O) groups excluding carboxylic acids is 2. The monoisotopic (exact) mass is 387 g/mol. The average Bonchev–Trinajstić information content (AvgIpc) is 2.95. The van der Waals surface area contributed by atoms with E-state index in [9.17, 15) is 19.7 Å². The van der Waals surface area contributed by atoms with Crippen molar-refractivity contribution in [2.45, 2.75) is 40.0 Å². The van der Waals surface area contributed by atoms with Gasteiger partial charge < -0.3 is 9.74 Å². The van der Waals surface area contributed by atoms with Gasteiger partial charge in [0.2, 0.25) is 5.91 Å². The Morgan fingerprint density at radius 1 is 1.21 bits per heavy atom. The minimum atomic E-state index is -0.756. The van der Waals surface area contributed by atoms with Gasteiger partial charge >= 0.3 is 5.97 Å². The fraction of sp³-hybridized carbons (Fsp3) is 0.550. The summed E-state index contributed by atoms with van der Waals surface area (Å²) in [4.78, 5) is 42.4. The van der Waals surface area contributed by atoms with Crippen LogP contribution in [0.1, 0.15) is 50.4 Å². The first-order valence-corrected chi connectivity index (χ1v) is 9.21. The summed E-state index contributed by atoms with van der Waals surface area (Å²) in [6, 6.07) is 5.33. The van der Waals surface area contributed by atoms with Crippen molar-refractivity contribution in [3.8, 4) is 0 Å². The van der Waals surface area contributed by atoms with E-state index >= 15 is 0 Å². The summed E-state index contributed by atoms with van der Waals surface area (Å²) in [7, 11) is 3.50. The van der Waals surface area contributed by atoms with Crippen LogP contribution in [-0.4, -0.2) is 41.5 Å². The number of amides is 1. The first-order valence-electron chi connectivity index (χ1n) is 9.21. The Hall–Kier alpha value is -2.77. The lowest BCUT2D eigenvalue weighted by Gasteiger charge is -2.40. The Balaban J connectivity index is 1.88. The van der Waals surface area contributed by atoms with Crippen molar-refractivity contribution in [3.05, 3.63) is 39.9 Å². The molecule has 0 spiro atoms. The summed E-state index contributed by atoms with van der Waals surface area (Å²) >= 11 is 0. The molecule has 1 aromatic rings. The van der Waals surface area contributed by atoms with Crippen LogP contribution in [0.4, 0.5) is 5.69 Å². The largest absolute Gasteiger partial charge is 0.365 e. The summed E-state index contributed by atoms with van der Waals surface area (Å²) in [5, 5.41) is 15.0. The lowest BCUT2D eigenvalue weighted by atomic mass is 9.64. The molecular formula is C20H25N3O5. The number of nitro groups is 1. The van der Waals surface area contributed by atoms with Gasteiger partial charge in [0.1, 0.15) is 0 Å². The molecule has 0 N–H and O–H groups in total.